The monoisotopic (exact) mass is 276 g/mol. The Balaban J connectivity index is 2.23. The predicted octanol–water partition coefficient (Wildman–Crippen LogP) is 1.42. The molecule has 6 nitrogen and oxygen atoms in total. The predicted molar refractivity (Wildman–Crippen MR) is 77.6 cm³/mol. The number of carbonyl (C=O) groups excluding carboxylic acids is 1. The van der Waals surface area contributed by atoms with Crippen LogP contribution in [0.5, 0.6) is 0 Å². The van der Waals surface area contributed by atoms with Crippen LogP contribution in [0.1, 0.15) is 35.9 Å². The number of rotatable bonds is 4. The fraction of sp³-hybridized carbons (Fsp3) is 0.500. The lowest BCUT2D eigenvalue weighted by atomic mass is 10.1. The lowest BCUT2D eigenvalue weighted by Gasteiger charge is -2.25. The van der Waals surface area contributed by atoms with Crippen LogP contribution in [0, 0.1) is 5.41 Å². The van der Waals surface area contributed by atoms with Crippen LogP contribution in [0.15, 0.2) is 12.1 Å². The Morgan fingerprint density at radius 3 is 2.70 bits per heavy atom. The largest absolute Gasteiger partial charge is 0.381 e. The van der Waals surface area contributed by atoms with E-state index in [0.717, 1.165) is 31.7 Å². The average Bonchev–Trinajstić information content (AvgIpc) is 2.47. The van der Waals surface area contributed by atoms with Crippen molar-refractivity contribution in [1.82, 2.24) is 10.3 Å². The fourth-order valence-corrected chi connectivity index (χ4v) is 2.18. The van der Waals surface area contributed by atoms with Gasteiger partial charge in [0.15, 0.2) is 0 Å². The van der Waals surface area contributed by atoms with Gasteiger partial charge in [0.1, 0.15) is 11.4 Å². The number of anilines is 1. The van der Waals surface area contributed by atoms with Crippen LogP contribution in [0.25, 0.3) is 0 Å². The Hall–Kier alpha value is -1.95. The molecule has 1 aromatic heterocycles. The highest BCUT2D eigenvalue weighted by Gasteiger charge is 2.17. The van der Waals surface area contributed by atoms with E-state index in [4.69, 9.17) is 10.1 Å². The topological polar surface area (TPSA) is 87.1 Å². The zero-order chi connectivity index (χ0) is 14.5. The molecular weight excluding hydrogens is 256 g/mol. The molecule has 0 aromatic carbocycles. The van der Waals surface area contributed by atoms with Gasteiger partial charge in [0, 0.05) is 26.3 Å². The average molecular weight is 276 g/mol. The number of hydrogen-bond donors (Lipinski definition) is 3. The zero-order valence-electron chi connectivity index (χ0n) is 11.8. The summed E-state index contributed by atoms with van der Waals surface area (Å²) in [6.45, 7) is 3.17. The van der Waals surface area contributed by atoms with E-state index in [1.165, 1.54) is 0 Å². The number of pyridine rings is 1. The third-order valence-corrected chi connectivity index (χ3v) is 3.29. The number of nitrogens with zero attached hydrogens (tertiary/aromatic N) is 1. The smallest absolute Gasteiger partial charge is 0.269 e. The summed E-state index contributed by atoms with van der Waals surface area (Å²) in [4.78, 5) is 15.9. The quantitative estimate of drug-likeness (QED) is 0.726. The molecule has 1 saturated heterocycles. The maximum Gasteiger partial charge on any atom is 0.269 e. The molecule has 0 radical (unpaired) electrons. The molecule has 0 aliphatic carbocycles. The molecule has 6 heteroatoms. The van der Waals surface area contributed by atoms with E-state index in [0.29, 0.717) is 23.1 Å². The van der Waals surface area contributed by atoms with Gasteiger partial charge < -0.3 is 20.8 Å². The first-order valence-electron chi connectivity index (χ1n) is 6.74. The van der Waals surface area contributed by atoms with Crippen LogP contribution in [0.3, 0.4) is 0 Å². The van der Waals surface area contributed by atoms with Crippen molar-refractivity contribution in [2.24, 2.45) is 0 Å². The van der Waals surface area contributed by atoms with Crippen LogP contribution >= 0.6 is 0 Å². The first-order chi connectivity index (χ1) is 9.61. The van der Waals surface area contributed by atoms with Crippen molar-refractivity contribution >= 4 is 17.3 Å². The van der Waals surface area contributed by atoms with Crippen molar-refractivity contribution in [2.45, 2.75) is 25.8 Å². The molecule has 0 unspecified atom stereocenters. The molecule has 0 atom stereocenters. The minimum atomic E-state index is -0.245. The fourth-order valence-electron chi connectivity index (χ4n) is 2.18. The molecule has 1 aliphatic rings. The number of aromatic nitrogens is 1. The van der Waals surface area contributed by atoms with Gasteiger partial charge in [0.25, 0.3) is 5.91 Å². The highest BCUT2D eigenvalue weighted by atomic mass is 16.5. The van der Waals surface area contributed by atoms with Gasteiger partial charge >= 0.3 is 0 Å². The number of nitrogens with one attached hydrogen (secondary N) is 3. The molecular formula is C14H20N4O2. The van der Waals surface area contributed by atoms with Crippen LogP contribution in [-0.2, 0) is 4.74 Å². The molecule has 108 valence electrons. The summed E-state index contributed by atoms with van der Waals surface area (Å²) < 4.78 is 5.33. The van der Waals surface area contributed by atoms with Crippen molar-refractivity contribution in [1.29, 1.82) is 5.41 Å². The van der Waals surface area contributed by atoms with Crippen molar-refractivity contribution in [3.05, 3.63) is 23.5 Å². The molecule has 3 N–H and O–H groups in total. The van der Waals surface area contributed by atoms with Gasteiger partial charge in [-0.1, -0.05) is 0 Å². The van der Waals surface area contributed by atoms with Gasteiger partial charge in [-0.05, 0) is 31.9 Å². The molecule has 1 amide bonds. The molecule has 0 spiro atoms. The minimum absolute atomic E-state index is 0.245. The van der Waals surface area contributed by atoms with Gasteiger partial charge in [-0.3, -0.25) is 4.79 Å². The molecule has 1 aromatic rings. The highest BCUT2D eigenvalue weighted by molar-refractivity contribution is 6.01. The summed E-state index contributed by atoms with van der Waals surface area (Å²) in [5.41, 5.74) is 1.99. The van der Waals surface area contributed by atoms with E-state index in [1.54, 1.807) is 20.0 Å². The van der Waals surface area contributed by atoms with Gasteiger partial charge in [-0.25, -0.2) is 4.98 Å². The summed E-state index contributed by atoms with van der Waals surface area (Å²) in [6, 6.07) is 3.82. The standard InChI is InChI=1S/C14H20N4O2/c1-9(15)13-11(17-10-5-7-20-8-6-10)3-4-12(18-13)14(19)16-2/h3-4,10,15,17H,5-8H2,1-2H3,(H,16,19). The lowest BCUT2D eigenvalue weighted by molar-refractivity contribution is 0.0904. The molecule has 1 fully saturated rings. The third kappa shape index (κ3) is 3.33. The normalized spacial score (nSPS) is 15.7. The van der Waals surface area contributed by atoms with Gasteiger partial charge in [-0.2, -0.15) is 0 Å². The number of amides is 1. The van der Waals surface area contributed by atoms with Crippen LogP contribution in [-0.4, -0.2) is 42.9 Å². The summed E-state index contributed by atoms with van der Waals surface area (Å²) in [5, 5.41) is 13.8. The van der Waals surface area contributed by atoms with E-state index in [-0.39, 0.29) is 5.91 Å². The summed E-state index contributed by atoms with van der Waals surface area (Å²) >= 11 is 0. The van der Waals surface area contributed by atoms with Crippen molar-refractivity contribution in [3.63, 3.8) is 0 Å². The second kappa shape index (κ2) is 6.47. The SMILES string of the molecule is CNC(=O)c1ccc(NC2CCOCC2)c(C(C)=N)n1. The van der Waals surface area contributed by atoms with E-state index in [1.807, 2.05) is 6.07 Å². The van der Waals surface area contributed by atoms with Crippen LogP contribution in [0.4, 0.5) is 5.69 Å². The van der Waals surface area contributed by atoms with E-state index >= 15 is 0 Å². The Kier molecular flexibility index (Phi) is 4.68. The van der Waals surface area contributed by atoms with E-state index in [9.17, 15) is 4.79 Å². The van der Waals surface area contributed by atoms with Crippen molar-refractivity contribution < 1.29 is 9.53 Å². The maximum atomic E-state index is 11.6. The second-order valence-electron chi connectivity index (χ2n) is 4.83. The van der Waals surface area contributed by atoms with Crippen LogP contribution < -0.4 is 10.6 Å². The maximum absolute atomic E-state index is 11.6. The lowest BCUT2D eigenvalue weighted by Crippen LogP contribution is -2.29. The Bertz CT molecular complexity index is 510. The first kappa shape index (κ1) is 14.5. The summed E-state index contributed by atoms with van der Waals surface area (Å²) in [6.07, 6.45) is 1.88. The first-order valence-corrected chi connectivity index (χ1v) is 6.74. The number of ether oxygens (including phenoxy) is 1. The van der Waals surface area contributed by atoms with Gasteiger partial charge in [0.05, 0.1) is 11.4 Å². The van der Waals surface area contributed by atoms with Crippen molar-refractivity contribution in [2.75, 3.05) is 25.6 Å². The van der Waals surface area contributed by atoms with Gasteiger partial charge in [0.2, 0.25) is 0 Å². The molecule has 1 aliphatic heterocycles. The molecule has 0 saturated carbocycles. The summed E-state index contributed by atoms with van der Waals surface area (Å²) in [7, 11) is 1.56. The molecule has 2 rings (SSSR count). The summed E-state index contributed by atoms with van der Waals surface area (Å²) in [5.74, 6) is -0.245. The highest BCUT2D eigenvalue weighted by Crippen LogP contribution is 2.19. The third-order valence-electron chi connectivity index (χ3n) is 3.29. The van der Waals surface area contributed by atoms with E-state index in [2.05, 4.69) is 15.6 Å². The second-order valence-corrected chi connectivity index (χ2v) is 4.83. The Morgan fingerprint density at radius 2 is 2.10 bits per heavy atom. The zero-order valence-corrected chi connectivity index (χ0v) is 11.8. The number of hydrogen-bond acceptors (Lipinski definition) is 5. The van der Waals surface area contributed by atoms with E-state index < -0.39 is 0 Å². The Labute approximate surface area is 118 Å². The molecule has 0 bridgehead atoms. The molecule has 20 heavy (non-hydrogen) atoms. The van der Waals surface area contributed by atoms with Crippen molar-refractivity contribution in [3.8, 4) is 0 Å². The van der Waals surface area contributed by atoms with Gasteiger partial charge in [-0.15, -0.1) is 0 Å². The molecule has 2 heterocycles. The Morgan fingerprint density at radius 1 is 1.40 bits per heavy atom. The van der Waals surface area contributed by atoms with Crippen LogP contribution in [0.2, 0.25) is 0 Å². The minimum Gasteiger partial charge on any atom is -0.381 e. The number of carbonyl (C=O) groups is 1.